The summed E-state index contributed by atoms with van der Waals surface area (Å²) < 4.78 is 0. The number of carbonyl (C=O) groups is 2. The lowest BCUT2D eigenvalue weighted by atomic mass is 10.1. The highest BCUT2D eigenvalue weighted by Gasteiger charge is 1.95. The van der Waals surface area contributed by atoms with Gasteiger partial charge in [-0.1, -0.05) is 44.4 Å². The third-order valence-corrected chi connectivity index (χ3v) is 2.82. The van der Waals surface area contributed by atoms with Crippen LogP contribution in [0, 0.1) is 0 Å². The van der Waals surface area contributed by atoms with Gasteiger partial charge in [-0.3, -0.25) is 9.59 Å². The van der Waals surface area contributed by atoms with Crippen LogP contribution < -0.4 is 0 Å². The number of carbonyl (C=O) groups excluding carboxylic acids is 1. The van der Waals surface area contributed by atoms with Crippen LogP contribution >= 0.6 is 0 Å². The highest BCUT2D eigenvalue weighted by molar-refractivity contribution is 5.89. The molecule has 0 saturated heterocycles. The number of allylic oxidation sites excluding steroid dienone is 4. The van der Waals surface area contributed by atoms with Gasteiger partial charge in [0.25, 0.3) is 0 Å². The second-order valence-electron chi connectivity index (χ2n) is 4.70. The first-order valence-electron chi connectivity index (χ1n) is 7.24. The second-order valence-corrected chi connectivity index (χ2v) is 4.70. The molecular formula is C16H26O3. The fourth-order valence-electron chi connectivity index (χ4n) is 1.69. The molecule has 0 aliphatic rings. The molecule has 0 aliphatic heterocycles. The molecule has 0 bridgehead atoms. The number of ketones is 1. The van der Waals surface area contributed by atoms with Crippen LogP contribution in [0.5, 0.6) is 0 Å². The highest BCUT2D eigenvalue weighted by atomic mass is 16.4. The van der Waals surface area contributed by atoms with Crippen LogP contribution in [0.4, 0.5) is 0 Å². The van der Waals surface area contributed by atoms with Gasteiger partial charge in [0.05, 0.1) is 0 Å². The van der Waals surface area contributed by atoms with Gasteiger partial charge in [-0.15, -0.1) is 0 Å². The number of aliphatic carboxylic acids is 1. The first-order chi connectivity index (χ1) is 9.16. The first-order valence-corrected chi connectivity index (χ1v) is 7.24. The molecule has 3 heteroatoms. The number of carboxylic acids is 1. The van der Waals surface area contributed by atoms with Crippen LogP contribution in [0.1, 0.15) is 64.7 Å². The van der Waals surface area contributed by atoms with Gasteiger partial charge >= 0.3 is 5.97 Å². The number of hydrogen-bond donors (Lipinski definition) is 1. The molecule has 0 radical (unpaired) electrons. The minimum Gasteiger partial charge on any atom is -0.481 e. The molecule has 108 valence electrons. The quantitative estimate of drug-likeness (QED) is 0.326. The lowest BCUT2D eigenvalue weighted by Gasteiger charge is -1.94. The zero-order chi connectivity index (χ0) is 14.3. The summed E-state index contributed by atoms with van der Waals surface area (Å²) in [6.45, 7) is 2.12. The second kappa shape index (κ2) is 13.1. The van der Waals surface area contributed by atoms with Gasteiger partial charge in [-0.2, -0.15) is 0 Å². The molecule has 0 amide bonds. The number of hydrogen-bond acceptors (Lipinski definition) is 2. The Morgan fingerprint density at radius 1 is 0.947 bits per heavy atom. The Balaban J connectivity index is 3.46. The largest absolute Gasteiger partial charge is 0.481 e. The third-order valence-electron chi connectivity index (χ3n) is 2.82. The molecule has 0 aromatic rings. The lowest BCUT2D eigenvalue weighted by molar-refractivity contribution is -0.137. The summed E-state index contributed by atoms with van der Waals surface area (Å²) in [5.74, 6) is -0.528. The van der Waals surface area contributed by atoms with Crippen molar-refractivity contribution in [2.24, 2.45) is 0 Å². The summed E-state index contributed by atoms with van der Waals surface area (Å²) in [4.78, 5) is 21.7. The molecule has 0 aliphatic carbocycles. The highest BCUT2D eigenvalue weighted by Crippen LogP contribution is 2.04. The maximum Gasteiger partial charge on any atom is 0.303 e. The lowest BCUT2D eigenvalue weighted by Crippen LogP contribution is -1.93. The normalized spacial score (nSPS) is 11.4. The SMILES string of the molecule is CCCCCC(=O)C=CC=CCCCCCC(=O)O. The number of rotatable bonds is 12. The molecule has 19 heavy (non-hydrogen) atoms. The summed E-state index contributed by atoms with van der Waals surface area (Å²) in [6, 6.07) is 0. The van der Waals surface area contributed by atoms with Crippen molar-refractivity contribution >= 4 is 11.8 Å². The van der Waals surface area contributed by atoms with Crippen LogP contribution in [0.3, 0.4) is 0 Å². The van der Waals surface area contributed by atoms with Crippen LogP contribution in [0.15, 0.2) is 24.3 Å². The smallest absolute Gasteiger partial charge is 0.303 e. The van der Waals surface area contributed by atoms with Gasteiger partial charge in [0.15, 0.2) is 5.78 Å². The van der Waals surface area contributed by atoms with Crippen molar-refractivity contribution in [1.82, 2.24) is 0 Å². The maximum absolute atomic E-state index is 11.4. The summed E-state index contributed by atoms with van der Waals surface area (Å²) in [6.07, 6.45) is 15.1. The Hall–Kier alpha value is -1.38. The van der Waals surface area contributed by atoms with E-state index in [0.717, 1.165) is 44.9 Å². The molecule has 0 spiro atoms. The van der Waals surface area contributed by atoms with E-state index in [1.165, 1.54) is 0 Å². The Bertz CT molecular complexity index is 303. The van der Waals surface area contributed by atoms with Gasteiger partial charge in [0.1, 0.15) is 0 Å². The van der Waals surface area contributed by atoms with Crippen LogP contribution in [-0.2, 0) is 9.59 Å². The predicted octanol–water partition coefficient (Wildman–Crippen LogP) is 4.28. The van der Waals surface area contributed by atoms with Crippen LogP contribution in [0.25, 0.3) is 0 Å². The number of unbranched alkanes of at least 4 members (excludes halogenated alkanes) is 5. The van der Waals surface area contributed by atoms with E-state index in [0.29, 0.717) is 6.42 Å². The zero-order valence-corrected chi connectivity index (χ0v) is 11.9. The van der Waals surface area contributed by atoms with E-state index in [2.05, 4.69) is 6.92 Å². The van der Waals surface area contributed by atoms with E-state index in [1.54, 1.807) is 12.2 Å². The van der Waals surface area contributed by atoms with E-state index in [4.69, 9.17) is 5.11 Å². The summed E-state index contributed by atoms with van der Waals surface area (Å²) in [5, 5.41) is 8.46. The van der Waals surface area contributed by atoms with Gasteiger partial charge in [0.2, 0.25) is 0 Å². The summed E-state index contributed by atoms with van der Waals surface area (Å²) >= 11 is 0. The van der Waals surface area contributed by atoms with E-state index in [1.807, 2.05) is 12.2 Å². The average molecular weight is 266 g/mol. The van der Waals surface area contributed by atoms with Crippen molar-refractivity contribution in [2.75, 3.05) is 0 Å². The third kappa shape index (κ3) is 14.6. The zero-order valence-electron chi connectivity index (χ0n) is 11.9. The van der Waals surface area contributed by atoms with E-state index < -0.39 is 5.97 Å². The van der Waals surface area contributed by atoms with Crippen LogP contribution in [0.2, 0.25) is 0 Å². The molecule has 0 fully saturated rings. The molecule has 0 unspecified atom stereocenters. The Kier molecular flexibility index (Phi) is 12.1. The number of carboxylic acid groups (broad SMARTS) is 1. The molecule has 0 atom stereocenters. The topological polar surface area (TPSA) is 54.4 Å². The fraction of sp³-hybridized carbons (Fsp3) is 0.625. The van der Waals surface area contributed by atoms with Crippen molar-refractivity contribution in [3.05, 3.63) is 24.3 Å². The van der Waals surface area contributed by atoms with Crippen molar-refractivity contribution < 1.29 is 14.7 Å². The Morgan fingerprint density at radius 3 is 2.37 bits per heavy atom. The van der Waals surface area contributed by atoms with E-state index >= 15 is 0 Å². The molecule has 0 aromatic carbocycles. The maximum atomic E-state index is 11.4. The minimum absolute atomic E-state index is 0.194. The van der Waals surface area contributed by atoms with Crippen molar-refractivity contribution in [3.8, 4) is 0 Å². The summed E-state index contributed by atoms with van der Waals surface area (Å²) in [5.41, 5.74) is 0. The van der Waals surface area contributed by atoms with Crippen molar-refractivity contribution in [2.45, 2.75) is 64.7 Å². The average Bonchev–Trinajstić information content (AvgIpc) is 2.36. The van der Waals surface area contributed by atoms with Gasteiger partial charge in [-0.25, -0.2) is 0 Å². The molecule has 0 aromatic heterocycles. The molecule has 1 N–H and O–H groups in total. The van der Waals surface area contributed by atoms with E-state index in [9.17, 15) is 9.59 Å². The molecule has 0 saturated carbocycles. The van der Waals surface area contributed by atoms with Crippen molar-refractivity contribution in [1.29, 1.82) is 0 Å². The van der Waals surface area contributed by atoms with Crippen LogP contribution in [-0.4, -0.2) is 16.9 Å². The Labute approximate surface area is 116 Å². The van der Waals surface area contributed by atoms with Gasteiger partial charge in [0, 0.05) is 12.8 Å². The molecule has 0 heterocycles. The molecule has 3 nitrogen and oxygen atoms in total. The standard InChI is InChI=1S/C16H26O3/c1-2-3-9-12-15(17)13-10-7-5-4-6-8-11-14-16(18)19/h5,7,10,13H,2-4,6,8-9,11-12,14H2,1H3,(H,18,19). The Morgan fingerprint density at radius 2 is 1.68 bits per heavy atom. The summed E-state index contributed by atoms with van der Waals surface area (Å²) in [7, 11) is 0. The molecule has 0 rings (SSSR count). The fourth-order valence-corrected chi connectivity index (χ4v) is 1.69. The van der Waals surface area contributed by atoms with E-state index in [-0.39, 0.29) is 12.2 Å². The molecular weight excluding hydrogens is 240 g/mol. The van der Waals surface area contributed by atoms with Gasteiger partial charge in [-0.05, 0) is 31.8 Å². The minimum atomic E-state index is -0.722. The predicted molar refractivity (Wildman–Crippen MR) is 78.1 cm³/mol. The monoisotopic (exact) mass is 266 g/mol. The van der Waals surface area contributed by atoms with Gasteiger partial charge < -0.3 is 5.11 Å². The first kappa shape index (κ1) is 17.6. The van der Waals surface area contributed by atoms with Crippen molar-refractivity contribution in [3.63, 3.8) is 0 Å².